The van der Waals surface area contributed by atoms with E-state index in [9.17, 15) is 8.78 Å². The van der Waals surface area contributed by atoms with Crippen LogP contribution in [0.2, 0.25) is 0 Å². The molecule has 1 unspecified atom stereocenters. The lowest BCUT2D eigenvalue weighted by Gasteiger charge is -2.36. The summed E-state index contributed by atoms with van der Waals surface area (Å²) in [6.07, 6.45) is 0. The van der Waals surface area contributed by atoms with Gasteiger partial charge in [-0.1, -0.05) is 0 Å². The molecule has 0 radical (unpaired) electrons. The van der Waals surface area contributed by atoms with Crippen LogP contribution in [-0.4, -0.2) is 13.2 Å². The van der Waals surface area contributed by atoms with Crippen LogP contribution in [0.25, 0.3) is 11.1 Å². The molecule has 0 saturated heterocycles. The molecule has 0 spiro atoms. The van der Waals surface area contributed by atoms with Gasteiger partial charge < -0.3 is 14.2 Å². The van der Waals surface area contributed by atoms with Crippen LogP contribution in [0.1, 0.15) is 37.5 Å². The van der Waals surface area contributed by atoms with Crippen molar-refractivity contribution in [3.63, 3.8) is 0 Å². The van der Waals surface area contributed by atoms with Crippen LogP contribution in [0.5, 0.6) is 17.2 Å². The van der Waals surface area contributed by atoms with Gasteiger partial charge in [-0.15, -0.1) is 0 Å². The Morgan fingerprint density at radius 3 is 1.76 bits per heavy atom. The summed E-state index contributed by atoms with van der Waals surface area (Å²) >= 11 is 0. The summed E-state index contributed by atoms with van der Waals surface area (Å²) in [5.74, 6) is -20.2. The molecule has 0 aromatic heterocycles. The molecule has 198 valence electrons. The lowest BCUT2D eigenvalue weighted by molar-refractivity contribution is -0.228. The summed E-state index contributed by atoms with van der Waals surface area (Å²) in [6.45, 7) is 3.84. The summed E-state index contributed by atoms with van der Waals surface area (Å²) < 4.78 is 135. The third kappa shape index (κ3) is 4.14. The van der Waals surface area contributed by atoms with E-state index in [2.05, 4.69) is 0 Å². The third-order valence-corrected chi connectivity index (χ3v) is 5.86. The molecule has 11 heteroatoms. The SMILES string of the molecule is CCOc1ccc(C(C)(F)Oc2ccc3c(c2F)C(F)(F)C(F)(F)c2c-3ccc(OCC)c2F)c(F)c1. The maximum atomic E-state index is 15.4. The molecule has 0 saturated carbocycles. The number of alkyl halides is 5. The first-order chi connectivity index (χ1) is 17.3. The van der Waals surface area contributed by atoms with Crippen LogP contribution in [0.3, 0.4) is 0 Å². The van der Waals surface area contributed by atoms with Gasteiger partial charge in [0.05, 0.1) is 29.9 Å². The Hall–Kier alpha value is -3.50. The summed E-state index contributed by atoms with van der Waals surface area (Å²) in [7, 11) is 0. The summed E-state index contributed by atoms with van der Waals surface area (Å²) in [6, 6.07) is 6.37. The van der Waals surface area contributed by atoms with Gasteiger partial charge in [0, 0.05) is 13.0 Å². The van der Waals surface area contributed by atoms with Crippen LogP contribution < -0.4 is 14.2 Å². The van der Waals surface area contributed by atoms with Gasteiger partial charge in [-0.2, -0.15) is 22.0 Å². The largest absolute Gasteiger partial charge is 0.494 e. The van der Waals surface area contributed by atoms with Crippen LogP contribution in [-0.2, 0) is 17.7 Å². The minimum atomic E-state index is -5.26. The second-order valence-corrected chi connectivity index (χ2v) is 8.28. The zero-order valence-corrected chi connectivity index (χ0v) is 19.7. The lowest BCUT2D eigenvalue weighted by Crippen LogP contribution is -2.41. The Morgan fingerprint density at radius 1 is 0.730 bits per heavy atom. The maximum absolute atomic E-state index is 15.4. The molecule has 4 rings (SSSR count). The fraction of sp³-hybridized carbons (Fsp3) is 0.308. The molecule has 0 heterocycles. The second kappa shape index (κ2) is 9.11. The average molecular weight is 532 g/mol. The lowest BCUT2D eigenvalue weighted by atomic mass is 9.79. The fourth-order valence-corrected chi connectivity index (χ4v) is 4.21. The highest BCUT2D eigenvalue weighted by Gasteiger charge is 2.65. The van der Waals surface area contributed by atoms with Crippen molar-refractivity contribution >= 4 is 0 Å². The van der Waals surface area contributed by atoms with Crippen molar-refractivity contribution in [2.75, 3.05) is 13.2 Å². The van der Waals surface area contributed by atoms with Gasteiger partial charge in [-0.25, -0.2) is 13.2 Å². The van der Waals surface area contributed by atoms with Crippen molar-refractivity contribution in [1.82, 2.24) is 0 Å². The average Bonchev–Trinajstić information content (AvgIpc) is 2.80. The monoisotopic (exact) mass is 532 g/mol. The van der Waals surface area contributed by atoms with Crippen molar-refractivity contribution in [3.05, 3.63) is 76.6 Å². The van der Waals surface area contributed by atoms with Gasteiger partial charge in [0.2, 0.25) is 0 Å². The number of rotatable bonds is 7. The molecule has 0 amide bonds. The summed E-state index contributed by atoms with van der Waals surface area (Å²) in [4.78, 5) is 0. The molecule has 1 aliphatic carbocycles. The van der Waals surface area contributed by atoms with E-state index < -0.39 is 74.5 Å². The van der Waals surface area contributed by atoms with Gasteiger partial charge in [0.1, 0.15) is 11.6 Å². The normalized spacial score (nSPS) is 16.8. The van der Waals surface area contributed by atoms with E-state index >= 15 is 26.3 Å². The van der Waals surface area contributed by atoms with Crippen LogP contribution in [0.15, 0.2) is 42.5 Å². The summed E-state index contributed by atoms with van der Waals surface area (Å²) in [5, 5.41) is 0. The molecule has 3 aromatic carbocycles. The van der Waals surface area contributed by atoms with Crippen molar-refractivity contribution in [1.29, 1.82) is 0 Å². The highest BCUT2D eigenvalue weighted by atomic mass is 19.3. The number of ether oxygens (including phenoxy) is 3. The van der Waals surface area contributed by atoms with E-state index in [0.717, 1.165) is 36.4 Å². The van der Waals surface area contributed by atoms with Gasteiger partial charge in [-0.05, 0) is 61.4 Å². The van der Waals surface area contributed by atoms with Gasteiger partial charge in [-0.3, -0.25) is 0 Å². The van der Waals surface area contributed by atoms with Crippen LogP contribution in [0, 0.1) is 17.5 Å². The molecule has 37 heavy (non-hydrogen) atoms. The Labute approximate surface area is 206 Å². The third-order valence-electron chi connectivity index (χ3n) is 5.86. The number of fused-ring (bicyclic) bond motifs is 3. The van der Waals surface area contributed by atoms with Crippen molar-refractivity contribution in [2.45, 2.75) is 38.5 Å². The fourth-order valence-electron chi connectivity index (χ4n) is 4.21. The number of hydrogen-bond acceptors (Lipinski definition) is 3. The van der Waals surface area contributed by atoms with Crippen LogP contribution >= 0.6 is 0 Å². The molecular formula is C26H20F8O3. The zero-order chi connectivity index (χ0) is 27.3. The molecule has 0 aliphatic heterocycles. The second-order valence-electron chi connectivity index (χ2n) is 8.28. The van der Waals surface area contributed by atoms with Gasteiger partial charge >= 0.3 is 11.8 Å². The van der Waals surface area contributed by atoms with Gasteiger partial charge in [0.25, 0.3) is 5.85 Å². The number of benzene rings is 3. The molecule has 1 atom stereocenters. The topological polar surface area (TPSA) is 27.7 Å². The summed E-state index contributed by atoms with van der Waals surface area (Å²) in [5.41, 5.74) is -5.63. The Bertz CT molecular complexity index is 1350. The van der Waals surface area contributed by atoms with Crippen molar-refractivity contribution in [3.8, 4) is 28.4 Å². The Balaban J connectivity index is 1.83. The van der Waals surface area contributed by atoms with Crippen LogP contribution in [0.4, 0.5) is 35.1 Å². The minimum Gasteiger partial charge on any atom is -0.494 e. The van der Waals surface area contributed by atoms with E-state index in [0.29, 0.717) is 6.92 Å². The first kappa shape index (κ1) is 26.6. The van der Waals surface area contributed by atoms with E-state index in [4.69, 9.17) is 14.2 Å². The zero-order valence-electron chi connectivity index (χ0n) is 19.7. The first-order valence-electron chi connectivity index (χ1n) is 11.1. The predicted molar refractivity (Wildman–Crippen MR) is 117 cm³/mol. The quantitative estimate of drug-likeness (QED) is 0.289. The number of hydrogen-bond donors (Lipinski definition) is 0. The molecule has 1 aliphatic rings. The molecule has 0 bridgehead atoms. The Kier molecular flexibility index (Phi) is 6.54. The Morgan fingerprint density at radius 2 is 1.24 bits per heavy atom. The standard InChI is InChI=1S/C26H20F8O3/c1-4-35-13-6-9-16(17(27)12-13)24(3,30)37-19-11-8-15-14-7-10-18(36-5-2)22(28)20(14)25(31,32)26(33,34)21(15)23(19)29/h6-12H,4-5H2,1-3H3. The molecule has 0 fully saturated rings. The smallest absolute Gasteiger partial charge is 0.343 e. The predicted octanol–water partition coefficient (Wildman–Crippen LogP) is 7.99. The highest BCUT2D eigenvalue weighted by Crippen LogP contribution is 2.60. The van der Waals surface area contributed by atoms with E-state index in [-0.39, 0.29) is 19.0 Å². The molecule has 0 N–H and O–H groups in total. The number of halogens is 8. The minimum absolute atomic E-state index is 0.0692. The highest BCUT2D eigenvalue weighted by molar-refractivity contribution is 5.78. The van der Waals surface area contributed by atoms with E-state index in [1.807, 2.05) is 0 Å². The molecular weight excluding hydrogens is 512 g/mol. The van der Waals surface area contributed by atoms with Crippen molar-refractivity contribution < 1.29 is 49.3 Å². The van der Waals surface area contributed by atoms with E-state index in [1.165, 1.54) is 13.0 Å². The maximum Gasteiger partial charge on any atom is 0.343 e. The van der Waals surface area contributed by atoms with Gasteiger partial charge in [0.15, 0.2) is 23.1 Å². The van der Waals surface area contributed by atoms with Crippen molar-refractivity contribution in [2.24, 2.45) is 0 Å². The molecule has 3 aromatic rings. The molecule has 3 nitrogen and oxygen atoms in total. The van der Waals surface area contributed by atoms with E-state index in [1.54, 1.807) is 6.92 Å². The first-order valence-corrected chi connectivity index (χ1v) is 11.1.